The van der Waals surface area contributed by atoms with Crippen LogP contribution >= 0.6 is 0 Å². The molecule has 4 aromatic rings. The molecular formula is C29H30N4O. The van der Waals surface area contributed by atoms with Crippen molar-refractivity contribution < 1.29 is 4.79 Å². The van der Waals surface area contributed by atoms with Crippen LogP contribution in [-0.4, -0.2) is 53.4 Å². The van der Waals surface area contributed by atoms with Gasteiger partial charge < -0.3 is 14.8 Å². The van der Waals surface area contributed by atoms with Gasteiger partial charge in [-0.3, -0.25) is 4.79 Å². The van der Waals surface area contributed by atoms with Crippen molar-refractivity contribution in [1.82, 2.24) is 19.8 Å². The van der Waals surface area contributed by atoms with Gasteiger partial charge in [-0.1, -0.05) is 18.2 Å². The maximum Gasteiger partial charge on any atom is 0.253 e. The first-order chi connectivity index (χ1) is 16.5. The number of pyridine rings is 1. The minimum Gasteiger partial charge on any atom is -0.346 e. The zero-order valence-corrected chi connectivity index (χ0v) is 20.1. The molecule has 0 unspecified atom stereocenters. The van der Waals surface area contributed by atoms with E-state index in [1.54, 1.807) is 24.6 Å². The number of nitrogens with zero attached hydrogens (tertiary/aromatic N) is 3. The van der Waals surface area contributed by atoms with Gasteiger partial charge in [-0.15, -0.1) is 0 Å². The fourth-order valence-corrected chi connectivity index (χ4v) is 5.86. The molecule has 172 valence electrons. The first kappa shape index (κ1) is 21.1. The van der Waals surface area contributed by atoms with Crippen molar-refractivity contribution in [3.8, 4) is 22.3 Å². The van der Waals surface area contributed by atoms with E-state index < -0.39 is 0 Å². The molecule has 2 aromatic carbocycles. The van der Waals surface area contributed by atoms with E-state index in [1.807, 2.05) is 36.7 Å². The zero-order valence-electron chi connectivity index (χ0n) is 20.1. The van der Waals surface area contributed by atoms with Gasteiger partial charge in [0.25, 0.3) is 5.91 Å². The maximum atomic E-state index is 12.3. The van der Waals surface area contributed by atoms with Crippen LogP contribution < -0.4 is 0 Å². The molecule has 1 aliphatic carbocycles. The summed E-state index contributed by atoms with van der Waals surface area (Å²) in [4.78, 5) is 24.4. The van der Waals surface area contributed by atoms with Crippen LogP contribution in [0.5, 0.6) is 0 Å². The Kier molecular flexibility index (Phi) is 5.03. The van der Waals surface area contributed by atoms with Crippen molar-refractivity contribution in [2.24, 2.45) is 0 Å². The fraction of sp³-hybridized carbons (Fsp3) is 0.310. The quantitative estimate of drug-likeness (QED) is 0.451. The number of benzene rings is 2. The highest BCUT2D eigenvalue weighted by Gasteiger charge is 2.29. The zero-order chi connectivity index (χ0) is 23.4. The molecule has 0 saturated carbocycles. The van der Waals surface area contributed by atoms with Crippen molar-refractivity contribution in [2.45, 2.75) is 31.7 Å². The van der Waals surface area contributed by atoms with E-state index in [4.69, 9.17) is 4.98 Å². The van der Waals surface area contributed by atoms with E-state index in [1.165, 1.54) is 42.5 Å². The lowest BCUT2D eigenvalue weighted by molar-refractivity contribution is 0.0827. The molecular weight excluding hydrogens is 420 g/mol. The molecule has 0 bridgehead atoms. The number of likely N-dealkylation sites (N-methyl/N-ethyl adjacent to an activating group) is 1. The molecule has 0 fully saturated rings. The summed E-state index contributed by atoms with van der Waals surface area (Å²) in [5.41, 5.74) is 10.8. The third-order valence-electron chi connectivity index (χ3n) is 7.44. The molecule has 1 atom stereocenters. The summed E-state index contributed by atoms with van der Waals surface area (Å²) in [6.07, 6.45) is 7.77. The van der Waals surface area contributed by atoms with E-state index in [0.717, 1.165) is 34.3 Å². The second-order valence-electron chi connectivity index (χ2n) is 10.1. The number of carbonyl (C=O) groups is 1. The molecule has 3 heterocycles. The highest BCUT2D eigenvalue weighted by molar-refractivity contribution is 5.98. The molecule has 5 heteroatoms. The van der Waals surface area contributed by atoms with Crippen LogP contribution in [0, 0.1) is 0 Å². The monoisotopic (exact) mass is 450 g/mol. The van der Waals surface area contributed by atoms with Gasteiger partial charge in [-0.2, -0.15) is 0 Å². The third kappa shape index (κ3) is 3.51. The number of hydrogen-bond donors (Lipinski definition) is 1. The Morgan fingerprint density at radius 2 is 1.85 bits per heavy atom. The highest BCUT2D eigenvalue weighted by Crippen LogP contribution is 2.41. The van der Waals surface area contributed by atoms with E-state index in [0.29, 0.717) is 11.5 Å². The summed E-state index contributed by atoms with van der Waals surface area (Å²) >= 11 is 0. The molecule has 5 nitrogen and oxygen atoms in total. The van der Waals surface area contributed by atoms with Crippen LogP contribution in [0.15, 0.2) is 54.9 Å². The number of fused-ring (bicyclic) bond motifs is 1. The van der Waals surface area contributed by atoms with Gasteiger partial charge in [0.15, 0.2) is 0 Å². The summed E-state index contributed by atoms with van der Waals surface area (Å²) in [6, 6.07) is 14.9. The van der Waals surface area contributed by atoms with Crippen LogP contribution in [0.3, 0.4) is 0 Å². The summed E-state index contributed by atoms with van der Waals surface area (Å²) in [5, 5.41) is 1.10. The number of aromatic nitrogens is 2. The molecule has 2 aliphatic rings. The Labute approximate surface area is 200 Å². The van der Waals surface area contributed by atoms with E-state index in [-0.39, 0.29) is 5.91 Å². The first-order valence-electron chi connectivity index (χ1n) is 12.1. The molecule has 6 rings (SSSR count). The SMILES string of the molecule is CN1Cc2cc(-c3cnc4[nH]cc(-c5ccc(C(=O)N(C)C)cc5)c4c3)cc3c2[C@@H](CCC3)C1. The second kappa shape index (κ2) is 8.10. The number of rotatable bonds is 3. The highest BCUT2D eigenvalue weighted by atomic mass is 16.2. The van der Waals surface area contributed by atoms with Crippen LogP contribution in [0.4, 0.5) is 0 Å². The molecule has 1 amide bonds. The summed E-state index contributed by atoms with van der Waals surface area (Å²) in [5.74, 6) is 0.699. The van der Waals surface area contributed by atoms with Gasteiger partial charge >= 0.3 is 0 Å². The Bertz CT molecular complexity index is 1400. The van der Waals surface area contributed by atoms with Gasteiger partial charge in [-0.25, -0.2) is 4.98 Å². The molecule has 1 aliphatic heterocycles. The standard InChI is InChI=1S/C29H30N4O/c1-32(2)29(34)19-9-7-18(8-10-19)26-15-31-28-25(26)13-23(14-30-28)22-11-20-5-4-6-21-16-33(3)17-24(12-22)27(20)21/h7-15,21H,4-6,16-17H2,1-3H3,(H,30,31)/t21-/m0/s1. The van der Waals surface area contributed by atoms with Crippen molar-refractivity contribution >= 4 is 16.9 Å². The van der Waals surface area contributed by atoms with Crippen molar-refractivity contribution in [2.75, 3.05) is 27.7 Å². The average Bonchev–Trinajstić information content (AvgIpc) is 3.26. The van der Waals surface area contributed by atoms with Crippen molar-refractivity contribution in [1.29, 1.82) is 0 Å². The first-order valence-corrected chi connectivity index (χ1v) is 12.1. The average molecular weight is 451 g/mol. The number of aromatic amines is 1. The fourth-order valence-electron chi connectivity index (χ4n) is 5.86. The van der Waals surface area contributed by atoms with Crippen molar-refractivity contribution in [3.05, 3.63) is 77.1 Å². The van der Waals surface area contributed by atoms with E-state index >= 15 is 0 Å². The predicted molar refractivity (Wildman–Crippen MR) is 137 cm³/mol. The Morgan fingerprint density at radius 3 is 2.65 bits per heavy atom. The minimum atomic E-state index is 0.0127. The van der Waals surface area contributed by atoms with Gasteiger partial charge in [0.2, 0.25) is 0 Å². The molecule has 0 saturated heterocycles. The Morgan fingerprint density at radius 1 is 1.06 bits per heavy atom. The van der Waals surface area contributed by atoms with E-state index in [2.05, 4.69) is 35.1 Å². The van der Waals surface area contributed by atoms with Gasteiger partial charge in [0, 0.05) is 61.7 Å². The van der Waals surface area contributed by atoms with Gasteiger partial charge in [-0.05, 0) is 84.3 Å². The van der Waals surface area contributed by atoms with Crippen LogP contribution in [-0.2, 0) is 13.0 Å². The normalized spacial score (nSPS) is 17.6. The van der Waals surface area contributed by atoms with Crippen LogP contribution in [0.1, 0.15) is 45.8 Å². The second-order valence-corrected chi connectivity index (χ2v) is 10.1. The topological polar surface area (TPSA) is 52.2 Å². The number of aryl methyl sites for hydroxylation is 1. The summed E-state index contributed by atoms with van der Waals surface area (Å²) in [6.45, 7) is 2.20. The summed E-state index contributed by atoms with van der Waals surface area (Å²) in [7, 11) is 5.79. The lowest BCUT2D eigenvalue weighted by atomic mass is 9.76. The Balaban J connectivity index is 1.41. The number of hydrogen-bond acceptors (Lipinski definition) is 3. The van der Waals surface area contributed by atoms with Gasteiger partial charge in [0.1, 0.15) is 5.65 Å². The maximum absolute atomic E-state index is 12.3. The smallest absolute Gasteiger partial charge is 0.253 e. The lowest BCUT2D eigenvalue weighted by Gasteiger charge is -2.37. The largest absolute Gasteiger partial charge is 0.346 e. The minimum absolute atomic E-state index is 0.0127. The van der Waals surface area contributed by atoms with Crippen molar-refractivity contribution in [3.63, 3.8) is 0 Å². The van der Waals surface area contributed by atoms with Gasteiger partial charge in [0.05, 0.1) is 0 Å². The number of carbonyl (C=O) groups excluding carboxylic acids is 1. The number of H-pyrrole nitrogens is 1. The molecule has 2 aromatic heterocycles. The molecule has 1 N–H and O–H groups in total. The molecule has 34 heavy (non-hydrogen) atoms. The lowest BCUT2D eigenvalue weighted by Crippen LogP contribution is -2.33. The number of nitrogens with one attached hydrogen (secondary N) is 1. The van der Waals surface area contributed by atoms with Crippen LogP contribution in [0.25, 0.3) is 33.3 Å². The third-order valence-corrected chi connectivity index (χ3v) is 7.44. The predicted octanol–water partition coefficient (Wildman–Crippen LogP) is 5.46. The Hall–Kier alpha value is -3.44. The molecule has 0 spiro atoms. The molecule has 0 radical (unpaired) electrons. The van der Waals surface area contributed by atoms with E-state index in [9.17, 15) is 4.79 Å². The summed E-state index contributed by atoms with van der Waals surface area (Å²) < 4.78 is 0. The number of amides is 1. The van der Waals surface area contributed by atoms with Crippen LogP contribution in [0.2, 0.25) is 0 Å².